The van der Waals surface area contributed by atoms with Gasteiger partial charge in [-0.1, -0.05) is 6.07 Å². The number of nitrogens with zero attached hydrogens (tertiary/aromatic N) is 2. The molecule has 0 amide bonds. The third-order valence-electron chi connectivity index (χ3n) is 3.62. The number of rotatable bonds is 3. The number of aliphatic hydroxyl groups is 1. The van der Waals surface area contributed by atoms with E-state index in [2.05, 4.69) is 29.0 Å². The molecular weight excluding hydrogens is 228 g/mol. The van der Waals surface area contributed by atoms with Gasteiger partial charge in [-0.3, -0.25) is 4.90 Å². The van der Waals surface area contributed by atoms with Crippen LogP contribution in [0, 0.1) is 0 Å². The van der Waals surface area contributed by atoms with Crippen molar-refractivity contribution in [3.8, 4) is 5.75 Å². The van der Waals surface area contributed by atoms with E-state index in [4.69, 9.17) is 4.74 Å². The van der Waals surface area contributed by atoms with Crippen LogP contribution in [0.2, 0.25) is 0 Å². The highest BCUT2D eigenvalue weighted by molar-refractivity contribution is 5.51. The summed E-state index contributed by atoms with van der Waals surface area (Å²) in [4.78, 5) is 4.56. The molecule has 0 bridgehead atoms. The van der Waals surface area contributed by atoms with Gasteiger partial charge in [0.05, 0.1) is 13.7 Å². The standard InChI is InChI=1S/C14H22N2O2/c1-15-7-4-8-16(10-13(15)11-17)12-5-3-6-14(9-12)18-2/h3,5-6,9,13,17H,4,7-8,10-11H2,1-2H3. The molecule has 1 atom stereocenters. The van der Waals surface area contributed by atoms with Gasteiger partial charge >= 0.3 is 0 Å². The van der Waals surface area contributed by atoms with Gasteiger partial charge in [0.25, 0.3) is 0 Å². The van der Waals surface area contributed by atoms with Crippen LogP contribution in [-0.2, 0) is 0 Å². The molecule has 1 fully saturated rings. The van der Waals surface area contributed by atoms with Gasteiger partial charge in [0, 0.05) is 30.9 Å². The first-order chi connectivity index (χ1) is 8.74. The van der Waals surface area contributed by atoms with Crippen LogP contribution >= 0.6 is 0 Å². The minimum Gasteiger partial charge on any atom is -0.497 e. The zero-order chi connectivity index (χ0) is 13.0. The summed E-state index contributed by atoms with van der Waals surface area (Å²) in [7, 11) is 3.77. The predicted octanol–water partition coefficient (Wildman–Crippen LogP) is 1.20. The lowest BCUT2D eigenvalue weighted by molar-refractivity contribution is 0.159. The molecule has 1 aliphatic heterocycles. The Morgan fingerprint density at radius 3 is 2.94 bits per heavy atom. The Kier molecular flexibility index (Phi) is 4.44. The van der Waals surface area contributed by atoms with Crippen molar-refractivity contribution in [2.45, 2.75) is 12.5 Å². The van der Waals surface area contributed by atoms with Crippen LogP contribution in [0.1, 0.15) is 6.42 Å². The third kappa shape index (κ3) is 2.94. The molecule has 0 radical (unpaired) electrons. The van der Waals surface area contributed by atoms with Crippen LogP contribution < -0.4 is 9.64 Å². The molecule has 1 N–H and O–H groups in total. The molecule has 1 unspecified atom stereocenters. The molecular formula is C14H22N2O2. The van der Waals surface area contributed by atoms with Gasteiger partial charge < -0.3 is 14.7 Å². The molecule has 0 saturated carbocycles. The summed E-state index contributed by atoms with van der Waals surface area (Å²) in [5, 5.41) is 9.46. The van der Waals surface area contributed by atoms with Crippen molar-refractivity contribution >= 4 is 5.69 Å². The quantitative estimate of drug-likeness (QED) is 0.874. The van der Waals surface area contributed by atoms with E-state index < -0.39 is 0 Å². The monoisotopic (exact) mass is 250 g/mol. The Labute approximate surface area is 109 Å². The van der Waals surface area contributed by atoms with Crippen molar-refractivity contribution < 1.29 is 9.84 Å². The van der Waals surface area contributed by atoms with Crippen molar-refractivity contribution in [3.63, 3.8) is 0 Å². The van der Waals surface area contributed by atoms with Crippen molar-refractivity contribution in [2.75, 3.05) is 45.3 Å². The minimum atomic E-state index is 0.205. The number of anilines is 1. The predicted molar refractivity (Wildman–Crippen MR) is 73.3 cm³/mol. The van der Waals surface area contributed by atoms with Crippen LogP contribution in [0.4, 0.5) is 5.69 Å². The van der Waals surface area contributed by atoms with E-state index in [9.17, 15) is 5.11 Å². The minimum absolute atomic E-state index is 0.205. The molecule has 1 aromatic carbocycles. The summed E-state index contributed by atoms with van der Waals surface area (Å²) in [6.07, 6.45) is 1.12. The van der Waals surface area contributed by atoms with Gasteiger partial charge in [-0.25, -0.2) is 0 Å². The van der Waals surface area contributed by atoms with E-state index in [1.54, 1.807) is 7.11 Å². The molecule has 18 heavy (non-hydrogen) atoms. The van der Waals surface area contributed by atoms with E-state index in [-0.39, 0.29) is 12.6 Å². The van der Waals surface area contributed by atoms with Gasteiger partial charge in [0.1, 0.15) is 5.75 Å². The summed E-state index contributed by atoms with van der Waals surface area (Å²) in [6.45, 7) is 3.12. The molecule has 0 spiro atoms. The Hall–Kier alpha value is -1.26. The molecule has 1 saturated heterocycles. The second-order valence-corrected chi connectivity index (χ2v) is 4.82. The lowest BCUT2D eigenvalue weighted by Crippen LogP contribution is -2.41. The van der Waals surface area contributed by atoms with E-state index in [0.29, 0.717) is 0 Å². The molecule has 1 aliphatic rings. The fourth-order valence-electron chi connectivity index (χ4n) is 2.42. The average Bonchev–Trinajstić information content (AvgIpc) is 2.60. The van der Waals surface area contributed by atoms with E-state index in [1.165, 1.54) is 5.69 Å². The summed E-state index contributed by atoms with van der Waals surface area (Å²) in [5.41, 5.74) is 1.17. The van der Waals surface area contributed by atoms with Crippen molar-refractivity contribution in [2.24, 2.45) is 0 Å². The number of hydrogen-bond acceptors (Lipinski definition) is 4. The second-order valence-electron chi connectivity index (χ2n) is 4.82. The van der Waals surface area contributed by atoms with Crippen LogP contribution in [0.3, 0.4) is 0 Å². The number of methoxy groups -OCH3 is 1. The first-order valence-corrected chi connectivity index (χ1v) is 6.44. The maximum atomic E-state index is 9.46. The fraction of sp³-hybridized carbons (Fsp3) is 0.571. The number of benzene rings is 1. The van der Waals surface area contributed by atoms with Gasteiger partial charge in [0.2, 0.25) is 0 Å². The Bertz CT molecular complexity index is 384. The zero-order valence-corrected chi connectivity index (χ0v) is 11.2. The lowest BCUT2D eigenvalue weighted by Gasteiger charge is -2.28. The number of hydrogen-bond donors (Lipinski definition) is 1. The van der Waals surface area contributed by atoms with Crippen LogP contribution in [0.5, 0.6) is 5.75 Å². The maximum absolute atomic E-state index is 9.46. The Balaban J connectivity index is 2.15. The molecule has 4 nitrogen and oxygen atoms in total. The number of likely N-dealkylation sites (N-methyl/N-ethyl adjacent to an activating group) is 1. The van der Waals surface area contributed by atoms with Gasteiger partial charge in [0.15, 0.2) is 0 Å². The Morgan fingerprint density at radius 2 is 2.22 bits per heavy atom. The number of ether oxygens (including phenoxy) is 1. The van der Waals surface area contributed by atoms with Crippen molar-refractivity contribution in [1.29, 1.82) is 0 Å². The average molecular weight is 250 g/mol. The smallest absolute Gasteiger partial charge is 0.120 e. The van der Waals surface area contributed by atoms with Crippen LogP contribution in [-0.4, -0.2) is 56.4 Å². The fourth-order valence-corrected chi connectivity index (χ4v) is 2.42. The SMILES string of the molecule is COc1cccc(N2CCCN(C)C(CO)C2)c1. The first kappa shape index (κ1) is 13.2. The molecule has 1 heterocycles. The molecule has 0 aliphatic carbocycles. The molecule has 0 aromatic heterocycles. The highest BCUT2D eigenvalue weighted by Gasteiger charge is 2.21. The third-order valence-corrected chi connectivity index (χ3v) is 3.62. The Morgan fingerprint density at radius 1 is 1.39 bits per heavy atom. The summed E-state index contributed by atoms with van der Waals surface area (Å²) < 4.78 is 5.26. The van der Waals surface area contributed by atoms with E-state index >= 15 is 0 Å². The molecule has 2 rings (SSSR count). The second kappa shape index (κ2) is 6.07. The van der Waals surface area contributed by atoms with Crippen molar-refractivity contribution in [3.05, 3.63) is 24.3 Å². The largest absolute Gasteiger partial charge is 0.497 e. The van der Waals surface area contributed by atoms with Crippen LogP contribution in [0.15, 0.2) is 24.3 Å². The number of aliphatic hydroxyl groups excluding tert-OH is 1. The normalized spacial score (nSPS) is 21.7. The highest BCUT2D eigenvalue weighted by Crippen LogP contribution is 2.23. The maximum Gasteiger partial charge on any atom is 0.120 e. The lowest BCUT2D eigenvalue weighted by atomic mass is 10.2. The summed E-state index contributed by atoms with van der Waals surface area (Å²) >= 11 is 0. The summed E-state index contributed by atoms with van der Waals surface area (Å²) in [6, 6.07) is 8.33. The molecule has 1 aromatic rings. The highest BCUT2D eigenvalue weighted by atomic mass is 16.5. The van der Waals surface area contributed by atoms with Gasteiger partial charge in [-0.15, -0.1) is 0 Å². The zero-order valence-electron chi connectivity index (χ0n) is 11.2. The van der Waals surface area contributed by atoms with Crippen molar-refractivity contribution in [1.82, 2.24) is 4.90 Å². The first-order valence-electron chi connectivity index (χ1n) is 6.44. The molecule has 4 heteroatoms. The summed E-state index contributed by atoms with van der Waals surface area (Å²) in [5.74, 6) is 0.880. The topological polar surface area (TPSA) is 35.9 Å². The van der Waals surface area contributed by atoms with Gasteiger partial charge in [-0.05, 0) is 32.1 Å². The van der Waals surface area contributed by atoms with Crippen LogP contribution in [0.25, 0.3) is 0 Å². The van der Waals surface area contributed by atoms with Gasteiger partial charge in [-0.2, -0.15) is 0 Å². The van der Waals surface area contributed by atoms with E-state index in [0.717, 1.165) is 31.8 Å². The molecule has 100 valence electrons. The van der Waals surface area contributed by atoms with E-state index in [1.807, 2.05) is 12.1 Å².